The van der Waals surface area contributed by atoms with Gasteiger partial charge in [-0.2, -0.15) is 0 Å². The molecule has 96 valence electrons. The quantitative estimate of drug-likeness (QED) is 0.851. The first-order chi connectivity index (χ1) is 8.70. The summed E-state index contributed by atoms with van der Waals surface area (Å²) in [6.07, 6.45) is 0. The maximum atomic E-state index is 9.16. The molecule has 0 aliphatic heterocycles. The Hall–Kier alpha value is -1.32. The van der Waals surface area contributed by atoms with Crippen LogP contribution in [0.3, 0.4) is 0 Å². The van der Waals surface area contributed by atoms with Crippen LogP contribution in [0.15, 0.2) is 41.8 Å². The average molecular weight is 261 g/mol. The van der Waals surface area contributed by atoms with Crippen LogP contribution in [0.4, 0.5) is 5.69 Å². The third kappa shape index (κ3) is 3.12. The molecule has 1 heterocycles. The molecule has 2 N–H and O–H groups in total. The van der Waals surface area contributed by atoms with E-state index < -0.39 is 0 Å². The summed E-state index contributed by atoms with van der Waals surface area (Å²) in [4.78, 5) is 1.35. The molecule has 2 nitrogen and oxygen atoms in total. The van der Waals surface area contributed by atoms with E-state index in [1.54, 1.807) is 11.3 Å². The van der Waals surface area contributed by atoms with E-state index in [0.29, 0.717) is 12.0 Å². The first-order valence-corrected chi connectivity index (χ1v) is 7.08. The first-order valence-electron chi connectivity index (χ1n) is 6.20. The number of rotatable bonds is 5. The second-order valence-electron chi connectivity index (χ2n) is 4.74. The first kappa shape index (κ1) is 13.1. The van der Waals surface area contributed by atoms with Crippen molar-refractivity contribution in [1.82, 2.24) is 0 Å². The van der Waals surface area contributed by atoms with Crippen molar-refractivity contribution in [1.29, 1.82) is 0 Å². The minimum atomic E-state index is 0.0842. The van der Waals surface area contributed by atoms with Crippen molar-refractivity contribution in [2.45, 2.75) is 26.5 Å². The normalized spacial score (nSPS) is 12.7. The Bertz CT molecular complexity index is 479. The number of anilines is 1. The van der Waals surface area contributed by atoms with Crippen LogP contribution in [-0.2, 0) is 6.61 Å². The van der Waals surface area contributed by atoms with E-state index in [2.05, 4.69) is 36.7 Å². The lowest BCUT2D eigenvalue weighted by Crippen LogP contribution is -2.15. The SMILES string of the molecule is CC(C)C(Nc1cccc(CO)c1)c1cccs1. The second kappa shape index (κ2) is 6.03. The smallest absolute Gasteiger partial charge is 0.0682 e. The van der Waals surface area contributed by atoms with Crippen LogP contribution in [0.25, 0.3) is 0 Å². The molecule has 0 spiro atoms. The number of hydrogen-bond acceptors (Lipinski definition) is 3. The zero-order valence-corrected chi connectivity index (χ0v) is 11.6. The highest BCUT2D eigenvalue weighted by molar-refractivity contribution is 7.10. The highest BCUT2D eigenvalue weighted by Gasteiger charge is 2.16. The minimum absolute atomic E-state index is 0.0842. The third-order valence-corrected chi connectivity index (χ3v) is 3.90. The Morgan fingerprint density at radius 2 is 2.06 bits per heavy atom. The molecule has 0 saturated heterocycles. The van der Waals surface area contributed by atoms with Gasteiger partial charge in [-0.3, -0.25) is 0 Å². The third-order valence-electron chi connectivity index (χ3n) is 2.95. The minimum Gasteiger partial charge on any atom is -0.392 e. The fourth-order valence-corrected chi connectivity index (χ4v) is 2.92. The molecule has 2 rings (SSSR count). The summed E-state index contributed by atoms with van der Waals surface area (Å²) < 4.78 is 0. The lowest BCUT2D eigenvalue weighted by molar-refractivity contribution is 0.282. The number of benzene rings is 1. The van der Waals surface area contributed by atoms with E-state index in [0.717, 1.165) is 11.3 Å². The van der Waals surface area contributed by atoms with Gasteiger partial charge in [-0.1, -0.05) is 32.0 Å². The molecule has 3 heteroatoms. The van der Waals surface area contributed by atoms with Crippen LogP contribution in [0.1, 0.15) is 30.3 Å². The molecule has 18 heavy (non-hydrogen) atoms. The Morgan fingerprint density at radius 3 is 2.67 bits per heavy atom. The van der Waals surface area contributed by atoms with E-state index in [1.807, 2.05) is 24.3 Å². The molecule has 0 radical (unpaired) electrons. The maximum Gasteiger partial charge on any atom is 0.0682 e. The van der Waals surface area contributed by atoms with Crippen molar-refractivity contribution < 1.29 is 5.11 Å². The predicted molar refractivity (Wildman–Crippen MR) is 77.9 cm³/mol. The van der Waals surface area contributed by atoms with Crippen LogP contribution in [0, 0.1) is 5.92 Å². The summed E-state index contributed by atoms with van der Waals surface area (Å²) in [6.45, 7) is 4.52. The molecule has 0 bridgehead atoms. The number of nitrogens with one attached hydrogen (secondary N) is 1. The van der Waals surface area contributed by atoms with E-state index in [4.69, 9.17) is 5.11 Å². The van der Waals surface area contributed by atoms with Crippen LogP contribution in [0.5, 0.6) is 0 Å². The average Bonchev–Trinajstić information content (AvgIpc) is 2.89. The Balaban J connectivity index is 2.18. The monoisotopic (exact) mass is 261 g/mol. The number of hydrogen-bond donors (Lipinski definition) is 2. The number of thiophene rings is 1. The Morgan fingerprint density at radius 1 is 1.22 bits per heavy atom. The number of aliphatic hydroxyl groups excluding tert-OH is 1. The zero-order chi connectivity index (χ0) is 13.0. The van der Waals surface area contributed by atoms with E-state index in [1.165, 1.54) is 4.88 Å². The van der Waals surface area contributed by atoms with Gasteiger partial charge >= 0.3 is 0 Å². The number of aliphatic hydroxyl groups is 1. The van der Waals surface area contributed by atoms with E-state index in [-0.39, 0.29) is 6.61 Å². The molecule has 1 aromatic heterocycles. The Kier molecular flexibility index (Phi) is 4.39. The van der Waals surface area contributed by atoms with Gasteiger partial charge in [0.05, 0.1) is 12.6 Å². The summed E-state index contributed by atoms with van der Waals surface area (Å²) in [6, 6.07) is 12.5. The van der Waals surface area contributed by atoms with E-state index in [9.17, 15) is 0 Å². The molecule has 1 aromatic carbocycles. The summed E-state index contributed by atoms with van der Waals surface area (Å²) in [5.74, 6) is 0.515. The standard InChI is InChI=1S/C15H19NOS/c1-11(2)15(14-7-4-8-18-14)16-13-6-3-5-12(9-13)10-17/h3-9,11,15-17H,10H2,1-2H3. The summed E-state index contributed by atoms with van der Waals surface area (Å²) in [5.41, 5.74) is 2.00. The van der Waals surface area contributed by atoms with Gasteiger partial charge in [0, 0.05) is 10.6 Å². The van der Waals surface area contributed by atoms with Crippen molar-refractivity contribution in [3.8, 4) is 0 Å². The molecule has 0 fully saturated rings. The lowest BCUT2D eigenvalue weighted by atomic mass is 10.0. The molecule has 0 amide bonds. The molecule has 2 aromatic rings. The highest BCUT2D eigenvalue weighted by Crippen LogP contribution is 2.29. The van der Waals surface area contributed by atoms with Gasteiger partial charge in [0.25, 0.3) is 0 Å². The molecule has 0 saturated carbocycles. The Labute approximate surface area is 112 Å². The van der Waals surface area contributed by atoms with Gasteiger partial charge in [0.1, 0.15) is 0 Å². The van der Waals surface area contributed by atoms with Gasteiger partial charge in [-0.15, -0.1) is 11.3 Å². The maximum absolute atomic E-state index is 9.16. The van der Waals surface area contributed by atoms with Gasteiger partial charge in [0.15, 0.2) is 0 Å². The van der Waals surface area contributed by atoms with Gasteiger partial charge in [-0.25, -0.2) is 0 Å². The van der Waals surface area contributed by atoms with E-state index >= 15 is 0 Å². The van der Waals surface area contributed by atoms with Gasteiger partial charge in [0.2, 0.25) is 0 Å². The molecule has 0 aliphatic rings. The second-order valence-corrected chi connectivity index (χ2v) is 5.72. The summed E-state index contributed by atoms with van der Waals surface area (Å²) in [7, 11) is 0. The topological polar surface area (TPSA) is 32.3 Å². The summed E-state index contributed by atoms with van der Waals surface area (Å²) >= 11 is 1.78. The van der Waals surface area contributed by atoms with Crippen LogP contribution in [-0.4, -0.2) is 5.11 Å². The van der Waals surface area contributed by atoms with Gasteiger partial charge < -0.3 is 10.4 Å². The highest BCUT2D eigenvalue weighted by atomic mass is 32.1. The summed E-state index contributed by atoms with van der Waals surface area (Å²) in [5, 5.41) is 14.8. The molecular formula is C15H19NOS. The van der Waals surface area contributed by atoms with Crippen LogP contribution >= 0.6 is 11.3 Å². The fourth-order valence-electron chi connectivity index (χ4n) is 1.97. The van der Waals surface area contributed by atoms with Crippen molar-refractivity contribution in [3.05, 3.63) is 52.2 Å². The lowest BCUT2D eigenvalue weighted by Gasteiger charge is -2.22. The largest absolute Gasteiger partial charge is 0.392 e. The molecular weight excluding hydrogens is 242 g/mol. The van der Waals surface area contributed by atoms with Gasteiger partial charge in [-0.05, 0) is 35.1 Å². The zero-order valence-electron chi connectivity index (χ0n) is 10.8. The molecule has 0 aliphatic carbocycles. The van der Waals surface area contributed by atoms with Crippen molar-refractivity contribution >= 4 is 17.0 Å². The molecule has 1 unspecified atom stereocenters. The van der Waals surface area contributed by atoms with Crippen molar-refractivity contribution in [2.24, 2.45) is 5.92 Å². The van der Waals surface area contributed by atoms with Crippen molar-refractivity contribution in [3.63, 3.8) is 0 Å². The predicted octanol–water partition coefficient (Wildman–Crippen LogP) is 4.05. The molecule has 1 atom stereocenters. The fraction of sp³-hybridized carbons (Fsp3) is 0.333. The van der Waals surface area contributed by atoms with Crippen LogP contribution in [0.2, 0.25) is 0 Å². The van der Waals surface area contributed by atoms with Crippen LogP contribution < -0.4 is 5.32 Å². The van der Waals surface area contributed by atoms with Crippen molar-refractivity contribution in [2.75, 3.05) is 5.32 Å².